The molecule has 0 saturated carbocycles. The molecule has 0 bridgehead atoms. The van der Waals surface area contributed by atoms with Crippen molar-refractivity contribution in [3.05, 3.63) is 82.3 Å². The van der Waals surface area contributed by atoms with Gasteiger partial charge in [0.15, 0.2) is 11.5 Å². The number of hydrogen-bond donors (Lipinski definition) is 0. The predicted molar refractivity (Wildman–Crippen MR) is 128 cm³/mol. The molecule has 0 N–H and O–H groups in total. The second kappa shape index (κ2) is 10.2. The van der Waals surface area contributed by atoms with Crippen LogP contribution >= 0.6 is 15.9 Å². The number of carbonyl (C=O) groups excluding carboxylic acids is 1. The standard InChI is InChI=1S/C26H26BrNO4/c1-3-31-23-16-20(15-22(25(23)30-2)18-7-5-4-6-8-18)26(29)28-13-14-32-24(17-28)19-9-11-21(27)12-10-19/h4-12,15-16,24H,3,13-14,17H2,1-2H3/t24-/m0/s1. The number of nitrogens with zero attached hydrogens (tertiary/aromatic N) is 1. The third kappa shape index (κ3) is 4.81. The van der Waals surface area contributed by atoms with Crippen molar-refractivity contribution in [1.82, 2.24) is 4.90 Å². The summed E-state index contributed by atoms with van der Waals surface area (Å²) in [4.78, 5) is 15.4. The van der Waals surface area contributed by atoms with Gasteiger partial charge in [0.05, 0.1) is 26.9 Å². The van der Waals surface area contributed by atoms with E-state index in [9.17, 15) is 4.79 Å². The Balaban J connectivity index is 1.66. The second-order valence-electron chi connectivity index (χ2n) is 7.52. The second-order valence-corrected chi connectivity index (χ2v) is 8.43. The first-order valence-corrected chi connectivity index (χ1v) is 11.5. The van der Waals surface area contributed by atoms with Crippen molar-refractivity contribution >= 4 is 21.8 Å². The van der Waals surface area contributed by atoms with Crippen molar-refractivity contribution in [2.45, 2.75) is 13.0 Å². The summed E-state index contributed by atoms with van der Waals surface area (Å²) >= 11 is 3.46. The van der Waals surface area contributed by atoms with Crippen molar-refractivity contribution in [3.63, 3.8) is 0 Å². The average molecular weight is 496 g/mol. The monoisotopic (exact) mass is 495 g/mol. The molecule has 0 aromatic heterocycles. The van der Waals surface area contributed by atoms with E-state index in [1.807, 2.05) is 72.5 Å². The number of ether oxygens (including phenoxy) is 3. The quantitative estimate of drug-likeness (QED) is 0.437. The van der Waals surface area contributed by atoms with Crippen molar-refractivity contribution in [1.29, 1.82) is 0 Å². The molecule has 6 heteroatoms. The lowest BCUT2D eigenvalue weighted by Crippen LogP contribution is -2.42. The number of benzene rings is 3. The van der Waals surface area contributed by atoms with Gasteiger partial charge in [0, 0.05) is 22.1 Å². The molecule has 0 radical (unpaired) electrons. The van der Waals surface area contributed by atoms with Crippen LogP contribution in [0.3, 0.4) is 0 Å². The number of morpholine rings is 1. The molecular weight excluding hydrogens is 470 g/mol. The Hall–Kier alpha value is -2.83. The van der Waals surface area contributed by atoms with Gasteiger partial charge in [-0.2, -0.15) is 0 Å². The van der Waals surface area contributed by atoms with E-state index in [4.69, 9.17) is 14.2 Å². The van der Waals surface area contributed by atoms with E-state index < -0.39 is 0 Å². The fraction of sp³-hybridized carbons (Fsp3) is 0.269. The van der Waals surface area contributed by atoms with Gasteiger partial charge in [-0.05, 0) is 42.3 Å². The highest BCUT2D eigenvalue weighted by Crippen LogP contribution is 2.40. The van der Waals surface area contributed by atoms with Crippen LogP contribution in [0.2, 0.25) is 0 Å². The molecule has 32 heavy (non-hydrogen) atoms. The number of methoxy groups -OCH3 is 1. The van der Waals surface area contributed by atoms with Gasteiger partial charge in [-0.3, -0.25) is 4.79 Å². The van der Waals surface area contributed by atoms with Crippen LogP contribution in [0.5, 0.6) is 11.5 Å². The third-order valence-electron chi connectivity index (χ3n) is 5.49. The summed E-state index contributed by atoms with van der Waals surface area (Å²) in [6.07, 6.45) is -0.154. The van der Waals surface area contributed by atoms with E-state index in [1.165, 1.54) is 0 Å². The van der Waals surface area contributed by atoms with E-state index in [-0.39, 0.29) is 12.0 Å². The number of halogens is 1. The maximum atomic E-state index is 13.5. The summed E-state index contributed by atoms with van der Waals surface area (Å²) in [5, 5.41) is 0. The van der Waals surface area contributed by atoms with Crippen molar-refractivity contribution < 1.29 is 19.0 Å². The predicted octanol–water partition coefficient (Wildman–Crippen LogP) is 5.74. The van der Waals surface area contributed by atoms with Gasteiger partial charge in [-0.1, -0.05) is 58.4 Å². The number of amides is 1. The molecule has 1 atom stereocenters. The van der Waals surface area contributed by atoms with E-state index in [0.717, 1.165) is 21.2 Å². The molecule has 1 fully saturated rings. The number of carbonyl (C=O) groups is 1. The lowest BCUT2D eigenvalue weighted by atomic mass is 10.00. The highest BCUT2D eigenvalue weighted by molar-refractivity contribution is 9.10. The minimum absolute atomic E-state index is 0.0452. The third-order valence-corrected chi connectivity index (χ3v) is 6.01. The Kier molecular flexibility index (Phi) is 7.12. The molecule has 3 aromatic carbocycles. The van der Waals surface area contributed by atoms with Crippen LogP contribution in [-0.4, -0.2) is 44.2 Å². The summed E-state index contributed by atoms with van der Waals surface area (Å²) < 4.78 is 18.5. The topological polar surface area (TPSA) is 48.0 Å². The normalized spacial score (nSPS) is 16.0. The molecule has 0 spiro atoms. The largest absolute Gasteiger partial charge is 0.492 e. The van der Waals surface area contributed by atoms with Crippen LogP contribution in [0.4, 0.5) is 0 Å². The SMILES string of the molecule is CCOc1cc(C(=O)N2CCO[C@H](c3ccc(Br)cc3)C2)cc(-c2ccccc2)c1OC. The van der Waals surface area contributed by atoms with E-state index in [0.29, 0.717) is 43.4 Å². The van der Waals surface area contributed by atoms with Gasteiger partial charge in [0.25, 0.3) is 5.91 Å². The number of rotatable bonds is 6. The van der Waals surface area contributed by atoms with Crippen LogP contribution in [0, 0.1) is 0 Å². The van der Waals surface area contributed by atoms with Gasteiger partial charge < -0.3 is 19.1 Å². The molecule has 0 aliphatic carbocycles. The van der Waals surface area contributed by atoms with Crippen LogP contribution in [0.1, 0.15) is 28.9 Å². The van der Waals surface area contributed by atoms with E-state index in [1.54, 1.807) is 13.2 Å². The Labute approximate surface area is 197 Å². The molecule has 166 valence electrons. The van der Waals surface area contributed by atoms with Crippen LogP contribution in [-0.2, 0) is 4.74 Å². The molecular formula is C26H26BrNO4. The molecule has 0 unspecified atom stereocenters. The molecule has 1 aliphatic heterocycles. The first kappa shape index (κ1) is 22.4. The van der Waals surface area contributed by atoms with Gasteiger partial charge in [-0.15, -0.1) is 0 Å². The van der Waals surface area contributed by atoms with Crippen LogP contribution in [0.15, 0.2) is 71.2 Å². The van der Waals surface area contributed by atoms with E-state index >= 15 is 0 Å². The Bertz CT molecular complexity index is 1070. The molecule has 3 aromatic rings. The minimum atomic E-state index is -0.154. The maximum Gasteiger partial charge on any atom is 0.254 e. The highest BCUT2D eigenvalue weighted by atomic mass is 79.9. The minimum Gasteiger partial charge on any atom is -0.492 e. The van der Waals surface area contributed by atoms with Crippen molar-refractivity contribution in [3.8, 4) is 22.6 Å². The van der Waals surface area contributed by atoms with E-state index in [2.05, 4.69) is 15.9 Å². The Morgan fingerprint density at radius 2 is 1.88 bits per heavy atom. The number of hydrogen-bond acceptors (Lipinski definition) is 4. The summed E-state index contributed by atoms with van der Waals surface area (Å²) in [6.45, 7) is 3.93. The first-order valence-electron chi connectivity index (χ1n) is 10.7. The zero-order valence-corrected chi connectivity index (χ0v) is 19.8. The first-order chi connectivity index (χ1) is 15.6. The van der Waals surface area contributed by atoms with Gasteiger partial charge in [-0.25, -0.2) is 0 Å². The zero-order chi connectivity index (χ0) is 22.5. The summed E-state index contributed by atoms with van der Waals surface area (Å²) in [6, 6.07) is 21.6. The zero-order valence-electron chi connectivity index (χ0n) is 18.2. The molecule has 4 rings (SSSR count). The van der Waals surface area contributed by atoms with Gasteiger partial charge >= 0.3 is 0 Å². The van der Waals surface area contributed by atoms with Crippen molar-refractivity contribution in [2.75, 3.05) is 33.4 Å². The van der Waals surface area contributed by atoms with Crippen LogP contribution < -0.4 is 9.47 Å². The fourth-order valence-corrected chi connectivity index (χ4v) is 4.19. The highest BCUT2D eigenvalue weighted by Gasteiger charge is 2.28. The van der Waals surface area contributed by atoms with Crippen molar-refractivity contribution in [2.24, 2.45) is 0 Å². The smallest absolute Gasteiger partial charge is 0.254 e. The fourth-order valence-electron chi connectivity index (χ4n) is 3.93. The Morgan fingerprint density at radius 1 is 1.12 bits per heavy atom. The maximum absolute atomic E-state index is 13.5. The summed E-state index contributed by atoms with van der Waals surface area (Å²) in [5.41, 5.74) is 3.43. The van der Waals surface area contributed by atoms with Gasteiger partial charge in [0.2, 0.25) is 0 Å². The molecule has 5 nitrogen and oxygen atoms in total. The molecule has 1 aliphatic rings. The molecule has 1 saturated heterocycles. The van der Waals surface area contributed by atoms with Crippen LogP contribution in [0.25, 0.3) is 11.1 Å². The summed E-state index contributed by atoms with van der Waals surface area (Å²) in [7, 11) is 1.62. The lowest BCUT2D eigenvalue weighted by molar-refractivity contribution is -0.0228. The van der Waals surface area contributed by atoms with Gasteiger partial charge in [0.1, 0.15) is 6.10 Å². The average Bonchev–Trinajstić information content (AvgIpc) is 2.84. The summed E-state index contributed by atoms with van der Waals surface area (Å²) in [5.74, 6) is 1.15. The molecule has 1 heterocycles. The molecule has 1 amide bonds. The Morgan fingerprint density at radius 3 is 2.56 bits per heavy atom. The lowest BCUT2D eigenvalue weighted by Gasteiger charge is -2.33.